The lowest BCUT2D eigenvalue weighted by atomic mass is 9.76. The molecule has 0 bridgehead atoms. The molecular weight excluding hydrogens is 536 g/mol. The van der Waals surface area contributed by atoms with Gasteiger partial charge in [-0.2, -0.15) is 0 Å². The van der Waals surface area contributed by atoms with Crippen LogP contribution in [-0.4, -0.2) is 67.8 Å². The van der Waals surface area contributed by atoms with Crippen molar-refractivity contribution in [3.63, 3.8) is 0 Å². The Labute approximate surface area is 251 Å². The molecule has 8 nitrogen and oxygen atoms in total. The first kappa shape index (κ1) is 34.5. The van der Waals surface area contributed by atoms with Crippen molar-refractivity contribution in [2.75, 3.05) is 0 Å². The molecular formula is C34H54O8. The van der Waals surface area contributed by atoms with Crippen molar-refractivity contribution in [2.45, 2.75) is 142 Å². The average molecular weight is 591 g/mol. The van der Waals surface area contributed by atoms with Crippen molar-refractivity contribution in [2.24, 2.45) is 23.7 Å². The number of carbonyl (C=O) groups is 2. The van der Waals surface area contributed by atoms with Gasteiger partial charge in [-0.25, -0.2) is 4.79 Å². The van der Waals surface area contributed by atoms with Gasteiger partial charge in [0.15, 0.2) is 0 Å². The lowest BCUT2D eigenvalue weighted by Crippen LogP contribution is -2.55. The highest BCUT2D eigenvalue weighted by atomic mass is 16.6. The van der Waals surface area contributed by atoms with E-state index in [9.17, 15) is 30.0 Å². The zero-order valence-corrected chi connectivity index (χ0v) is 26.9. The van der Waals surface area contributed by atoms with E-state index in [0.717, 1.165) is 12.8 Å². The fourth-order valence-corrected chi connectivity index (χ4v) is 7.45. The van der Waals surface area contributed by atoms with Crippen LogP contribution < -0.4 is 0 Å². The summed E-state index contributed by atoms with van der Waals surface area (Å²) in [6, 6.07) is 3.40. The molecule has 3 rings (SSSR count). The number of benzene rings is 1. The van der Waals surface area contributed by atoms with Gasteiger partial charge in [0.25, 0.3) is 0 Å². The fraction of sp³-hybridized carbons (Fsp3) is 0.765. The lowest BCUT2D eigenvalue weighted by Gasteiger charge is -2.47. The largest absolute Gasteiger partial charge is 0.507 e. The van der Waals surface area contributed by atoms with Gasteiger partial charge in [-0.15, -0.1) is 0 Å². The standard InChI is InChI=1S/C34H54O8/c1-9-25(31-21(6)18-34(11-3,42-31)26-16-17-33(40,10-2)23(8)41-26)30(37)22(7)28(35)19(4)12-14-24-15-13-20(5)29(36)27(24)32(38)39/h13,15,19,21-23,25-26,28,31,35-36,40H,9-12,14,16-18H2,1-8H3,(H,38,39)/t19?,21-,22?,23-,25?,26+,28?,31-,33?,34-/m0/s1. The van der Waals surface area contributed by atoms with Gasteiger partial charge in [-0.1, -0.05) is 53.7 Å². The number of phenols is 1. The van der Waals surface area contributed by atoms with Crippen molar-refractivity contribution < 1.29 is 39.5 Å². The number of rotatable bonds is 13. The summed E-state index contributed by atoms with van der Waals surface area (Å²) in [5.74, 6) is -2.55. The number of Topliss-reactive ketones (excluding diaryl/α,β-unsaturated/α-hetero) is 1. The molecule has 0 spiro atoms. The van der Waals surface area contributed by atoms with Crippen molar-refractivity contribution in [1.82, 2.24) is 0 Å². The Hall–Kier alpha value is -2.00. The second kappa shape index (κ2) is 13.7. The molecule has 42 heavy (non-hydrogen) atoms. The Bertz CT molecular complexity index is 1100. The van der Waals surface area contributed by atoms with Crippen LogP contribution in [0.3, 0.4) is 0 Å². The minimum Gasteiger partial charge on any atom is -0.507 e. The smallest absolute Gasteiger partial charge is 0.339 e. The molecule has 0 radical (unpaired) electrons. The number of carboxylic acids is 1. The molecule has 0 saturated carbocycles. The lowest BCUT2D eigenvalue weighted by molar-refractivity contribution is -0.229. The van der Waals surface area contributed by atoms with E-state index in [1.54, 1.807) is 26.0 Å². The van der Waals surface area contributed by atoms with Crippen LogP contribution in [0.4, 0.5) is 0 Å². The van der Waals surface area contributed by atoms with E-state index in [1.807, 2.05) is 27.7 Å². The summed E-state index contributed by atoms with van der Waals surface area (Å²) in [6.07, 6.45) is 3.34. The van der Waals surface area contributed by atoms with Gasteiger partial charge in [0.05, 0.1) is 35.6 Å². The summed E-state index contributed by atoms with van der Waals surface area (Å²) in [5.41, 5.74) is -0.437. The molecule has 2 fully saturated rings. The van der Waals surface area contributed by atoms with Crippen LogP contribution in [0.25, 0.3) is 0 Å². The molecule has 2 heterocycles. The zero-order valence-electron chi connectivity index (χ0n) is 26.9. The highest BCUT2D eigenvalue weighted by Crippen LogP contribution is 2.48. The molecule has 0 aliphatic carbocycles. The average Bonchev–Trinajstić information content (AvgIpc) is 3.31. The molecule has 8 heteroatoms. The molecule has 10 atom stereocenters. The molecule has 0 aromatic heterocycles. The number of hydrogen-bond acceptors (Lipinski definition) is 7. The zero-order chi connectivity index (χ0) is 31.6. The van der Waals surface area contributed by atoms with Gasteiger partial charge in [0.1, 0.15) is 17.1 Å². The van der Waals surface area contributed by atoms with Crippen molar-refractivity contribution in [3.05, 3.63) is 28.8 Å². The topological polar surface area (TPSA) is 134 Å². The molecule has 0 amide bonds. The number of aromatic hydroxyl groups is 1. The van der Waals surface area contributed by atoms with Crippen LogP contribution in [0.5, 0.6) is 5.75 Å². The van der Waals surface area contributed by atoms with E-state index >= 15 is 0 Å². The van der Waals surface area contributed by atoms with E-state index in [4.69, 9.17) is 9.47 Å². The quantitative estimate of drug-likeness (QED) is 0.225. The van der Waals surface area contributed by atoms with Crippen LogP contribution in [0, 0.1) is 30.6 Å². The minimum absolute atomic E-state index is 0.0157. The molecule has 4 N–H and O–H groups in total. The van der Waals surface area contributed by atoms with Crippen molar-refractivity contribution >= 4 is 11.8 Å². The predicted octanol–water partition coefficient (Wildman–Crippen LogP) is 5.84. The molecule has 5 unspecified atom stereocenters. The predicted molar refractivity (Wildman–Crippen MR) is 162 cm³/mol. The molecule has 2 aliphatic heterocycles. The van der Waals surface area contributed by atoms with Crippen molar-refractivity contribution in [1.29, 1.82) is 0 Å². The van der Waals surface area contributed by atoms with Gasteiger partial charge in [-0.3, -0.25) is 4.79 Å². The SMILES string of the molecule is CCC(C(=O)C(C)C(O)C(C)CCc1ccc(C)c(O)c1C(=O)O)[C@H]1O[C@](CC)([C@H]2CCC(O)(CC)[C@H](C)O2)C[C@@H]1C. The van der Waals surface area contributed by atoms with Gasteiger partial charge >= 0.3 is 5.97 Å². The van der Waals surface area contributed by atoms with Gasteiger partial charge in [0.2, 0.25) is 0 Å². The monoisotopic (exact) mass is 590 g/mol. The van der Waals surface area contributed by atoms with Gasteiger partial charge in [0, 0.05) is 11.8 Å². The molecule has 1 aromatic carbocycles. The number of ether oxygens (including phenoxy) is 2. The third-order valence-electron chi connectivity index (χ3n) is 10.7. The molecule has 1 aromatic rings. The number of aliphatic hydroxyl groups is 2. The second-order valence-electron chi connectivity index (χ2n) is 13.2. The number of hydrogen-bond donors (Lipinski definition) is 4. The number of aliphatic hydroxyl groups excluding tert-OH is 1. The van der Waals surface area contributed by atoms with Crippen LogP contribution in [0.2, 0.25) is 0 Å². The normalized spacial score (nSPS) is 32.7. The van der Waals surface area contributed by atoms with Crippen molar-refractivity contribution in [3.8, 4) is 5.75 Å². The van der Waals surface area contributed by atoms with E-state index in [0.29, 0.717) is 49.7 Å². The van der Waals surface area contributed by atoms with E-state index in [1.165, 1.54) is 0 Å². The van der Waals surface area contributed by atoms with Gasteiger partial charge < -0.3 is 29.9 Å². The first-order valence-electron chi connectivity index (χ1n) is 16.0. The highest BCUT2D eigenvalue weighted by Gasteiger charge is 2.55. The molecule has 2 aliphatic rings. The van der Waals surface area contributed by atoms with E-state index < -0.39 is 29.2 Å². The Kier molecular flexibility index (Phi) is 11.3. The Morgan fingerprint density at radius 2 is 1.79 bits per heavy atom. The Morgan fingerprint density at radius 1 is 1.12 bits per heavy atom. The first-order chi connectivity index (χ1) is 19.7. The molecule has 238 valence electrons. The third-order valence-corrected chi connectivity index (χ3v) is 10.7. The highest BCUT2D eigenvalue weighted by molar-refractivity contribution is 5.93. The van der Waals surface area contributed by atoms with E-state index in [2.05, 4.69) is 13.8 Å². The van der Waals surface area contributed by atoms with Crippen LogP contribution in [-0.2, 0) is 20.7 Å². The Morgan fingerprint density at radius 3 is 2.33 bits per heavy atom. The van der Waals surface area contributed by atoms with Crippen LogP contribution >= 0.6 is 0 Å². The summed E-state index contributed by atoms with van der Waals surface area (Å²) in [5, 5.41) is 42.1. The van der Waals surface area contributed by atoms with Crippen LogP contribution in [0.1, 0.15) is 115 Å². The summed E-state index contributed by atoms with van der Waals surface area (Å²) < 4.78 is 13.2. The number of carboxylic acid groups (broad SMARTS) is 1. The molecule has 2 saturated heterocycles. The number of ketones is 1. The summed E-state index contributed by atoms with van der Waals surface area (Å²) in [4.78, 5) is 25.7. The maximum Gasteiger partial charge on any atom is 0.339 e. The summed E-state index contributed by atoms with van der Waals surface area (Å²) in [6.45, 7) is 15.4. The minimum atomic E-state index is -1.18. The maximum absolute atomic E-state index is 13.9. The van der Waals surface area contributed by atoms with Gasteiger partial charge in [-0.05, 0) is 88.2 Å². The summed E-state index contributed by atoms with van der Waals surface area (Å²) >= 11 is 0. The van der Waals surface area contributed by atoms with Crippen LogP contribution in [0.15, 0.2) is 12.1 Å². The first-order valence-corrected chi connectivity index (χ1v) is 16.0. The summed E-state index contributed by atoms with van der Waals surface area (Å²) in [7, 11) is 0. The number of aromatic carboxylic acids is 1. The number of carbonyl (C=O) groups excluding carboxylic acids is 1. The maximum atomic E-state index is 13.9. The number of aryl methyl sites for hydroxylation is 2. The Balaban J connectivity index is 1.69. The van der Waals surface area contributed by atoms with E-state index in [-0.39, 0.29) is 53.2 Å². The third kappa shape index (κ3) is 6.72. The fourth-order valence-electron chi connectivity index (χ4n) is 7.45. The second-order valence-corrected chi connectivity index (χ2v) is 13.2.